The van der Waals surface area contributed by atoms with E-state index in [1.54, 1.807) is 19.6 Å². The zero-order valence-corrected chi connectivity index (χ0v) is 20.1. The minimum absolute atomic E-state index is 0. The van der Waals surface area contributed by atoms with Crippen molar-refractivity contribution >= 4 is 17.9 Å². The molecule has 1 saturated heterocycles. The van der Waals surface area contributed by atoms with Gasteiger partial charge in [0.25, 0.3) is 0 Å². The Morgan fingerprint density at radius 2 is 1.09 bits per heavy atom. The monoisotopic (exact) mass is 607 g/mol. The maximum absolute atomic E-state index is 11.2. The molecule has 0 amide bonds. The van der Waals surface area contributed by atoms with Crippen LogP contribution in [0.1, 0.15) is 0 Å². The van der Waals surface area contributed by atoms with Crippen LogP contribution in [0.3, 0.4) is 0 Å². The first-order valence-corrected chi connectivity index (χ1v) is 10.1. The van der Waals surface area contributed by atoms with Gasteiger partial charge in [-0.15, -0.1) is 0 Å². The first-order valence-electron chi connectivity index (χ1n) is 10.1. The van der Waals surface area contributed by atoms with Crippen LogP contribution in [0.4, 0.5) is 0 Å². The van der Waals surface area contributed by atoms with E-state index in [0.717, 1.165) is 0 Å². The van der Waals surface area contributed by atoms with Crippen LogP contribution in [0.25, 0.3) is 0 Å². The summed E-state index contributed by atoms with van der Waals surface area (Å²) in [6.07, 6.45) is -1.23. The van der Waals surface area contributed by atoms with Crippen LogP contribution in [0.2, 0.25) is 0 Å². The minimum atomic E-state index is -1.29. The summed E-state index contributed by atoms with van der Waals surface area (Å²) < 4.78 is 0. The van der Waals surface area contributed by atoms with Crippen molar-refractivity contribution in [1.29, 1.82) is 0 Å². The van der Waals surface area contributed by atoms with Crippen molar-refractivity contribution < 1.29 is 85.0 Å². The number of aliphatic hydroxyl groups is 3. The van der Waals surface area contributed by atoms with Gasteiger partial charge in [0.15, 0.2) is 0 Å². The zero-order chi connectivity index (χ0) is 23.4. The van der Waals surface area contributed by atoms with Gasteiger partial charge in [0.2, 0.25) is 0 Å². The van der Waals surface area contributed by atoms with Gasteiger partial charge in [0, 0.05) is 98.8 Å². The van der Waals surface area contributed by atoms with Crippen molar-refractivity contribution in [3.63, 3.8) is 0 Å². The van der Waals surface area contributed by atoms with Gasteiger partial charge in [-0.3, -0.25) is 29.2 Å². The van der Waals surface area contributed by atoms with Gasteiger partial charge in [0.1, 0.15) is 0 Å². The molecule has 0 saturated carbocycles. The summed E-state index contributed by atoms with van der Waals surface area (Å²) in [5, 5.41) is 58.5. The second-order valence-corrected chi connectivity index (χ2v) is 7.52. The molecule has 0 unspecified atom stereocenters. The Kier molecular flexibility index (Phi) is 16.7. The molecule has 1 aliphatic heterocycles. The Morgan fingerprint density at radius 1 is 0.719 bits per heavy atom. The molecule has 1 fully saturated rings. The molecule has 0 aromatic rings. The molecule has 188 valence electrons. The van der Waals surface area contributed by atoms with Crippen LogP contribution in [0, 0.1) is 39.9 Å². The van der Waals surface area contributed by atoms with E-state index in [-0.39, 0.29) is 112 Å². The van der Waals surface area contributed by atoms with Crippen LogP contribution >= 0.6 is 0 Å². The largest absolute Gasteiger partial charge is 0.549 e. The normalized spacial score (nSPS) is 20.3. The van der Waals surface area contributed by atoms with Crippen LogP contribution in [0.5, 0.6) is 0 Å². The molecule has 14 heteroatoms. The van der Waals surface area contributed by atoms with Crippen molar-refractivity contribution in [1.82, 2.24) is 19.6 Å². The van der Waals surface area contributed by atoms with E-state index in [2.05, 4.69) is 0 Å². The maximum Gasteiger partial charge on any atom is 0.317 e. The van der Waals surface area contributed by atoms with Crippen molar-refractivity contribution in [2.24, 2.45) is 0 Å². The van der Waals surface area contributed by atoms with Crippen molar-refractivity contribution in [3.05, 3.63) is 0 Å². The molecule has 5 N–H and O–H groups in total. The first kappa shape index (κ1) is 31.5. The van der Waals surface area contributed by atoms with E-state index in [4.69, 9.17) is 5.11 Å². The average molecular weight is 607 g/mol. The number of carbonyl (C=O) groups is 3. The Hall–Kier alpha value is -0.545. The van der Waals surface area contributed by atoms with Crippen LogP contribution in [0.15, 0.2) is 0 Å². The Labute approximate surface area is 218 Å². The Morgan fingerprint density at radius 3 is 1.41 bits per heavy atom. The van der Waals surface area contributed by atoms with Gasteiger partial charge in [-0.2, -0.15) is 0 Å². The van der Waals surface area contributed by atoms with E-state index in [9.17, 15) is 39.9 Å². The summed E-state index contributed by atoms with van der Waals surface area (Å²) in [6, 6.07) is -0.812. The molecule has 1 rings (SSSR count). The SMILES string of the molecule is O=C([O-])CN1CCN(CC(=O)O)CCN(CC(=O)O)CCN([C@H](CO)[C@H](O)CO)CC1.[Gd]. The molecule has 0 bridgehead atoms. The van der Waals surface area contributed by atoms with Gasteiger partial charge >= 0.3 is 11.9 Å². The molecule has 1 aliphatic rings. The van der Waals surface area contributed by atoms with Gasteiger partial charge in [-0.1, -0.05) is 0 Å². The number of aliphatic carboxylic acids is 3. The number of hydrogen-bond donors (Lipinski definition) is 5. The summed E-state index contributed by atoms with van der Waals surface area (Å²) in [5.41, 5.74) is 0. The number of nitrogens with zero attached hydrogens (tertiary/aromatic N) is 4. The summed E-state index contributed by atoms with van der Waals surface area (Å²) in [4.78, 5) is 40.0. The number of hydrogen-bond acceptors (Lipinski definition) is 11. The van der Waals surface area contributed by atoms with E-state index in [0.29, 0.717) is 0 Å². The van der Waals surface area contributed by atoms with E-state index < -0.39 is 43.3 Å². The van der Waals surface area contributed by atoms with E-state index in [1.165, 1.54) is 0 Å². The fourth-order valence-electron chi connectivity index (χ4n) is 3.53. The van der Waals surface area contributed by atoms with Crippen LogP contribution in [-0.4, -0.2) is 160 Å². The van der Waals surface area contributed by atoms with Gasteiger partial charge in [-0.05, 0) is 0 Å². The number of rotatable bonds is 10. The van der Waals surface area contributed by atoms with E-state index in [1.807, 2.05) is 0 Å². The van der Waals surface area contributed by atoms with Gasteiger partial charge in [0.05, 0.1) is 44.4 Å². The molecule has 2 atom stereocenters. The summed E-state index contributed by atoms with van der Waals surface area (Å²) in [7, 11) is 0. The third-order valence-corrected chi connectivity index (χ3v) is 5.23. The summed E-state index contributed by atoms with van der Waals surface area (Å²) in [6.45, 7) is 0.0474. The summed E-state index contributed by atoms with van der Waals surface area (Å²) in [5.74, 6) is -3.37. The number of aliphatic hydroxyl groups excluding tert-OH is 3. The molecule has 0 aliphatic carbocycles. The van der Waals surface area contributed by atoms with Crippen molar-refractivity contribution in [2.75, 3.05) is 85.2 Å². The van der Waals surface area contributed by atoms with Crippen molar-refractivity contribution in [3.8, 4) is 0 Å². The van der Waals surface area contributed by atoms with Crippen LogP contribution in [-0.2, 0) is 14.4 Å². The third-order valence-electron chi connectivity index (χ3n) is 5.23. The molecule has 13 nitrogen and oxygen atoms in total. The molecule has 0 radical (unpaired) electrons. The van der Waals surface area contributed by atoms with Crippen molar-refractivity contribution in [2.45, 2.75) is 12.1 Å². The Balaban J connectivity index is 0.00000961. The predicted molar refractivity (Wildman–Crippen MR) is 105 cm³/mol. The predicted octanol–water partition coefficient (Wildman–Crippen LogP) is -5.16. The third kappa shape index (κ3) is 12.6. The van der Waals surface area contributed by atoms with Gasteiger partial charge < -0.3 is 35.4 Å². The zero-order valence-electron chi connectivity index (χ0n) is 17.9. The molecule has 0 spiro atoms. The number of carboxylic acid groups (broad SMARTS) is 3. The molecular formula is C18H33GdN4O9-. The van der Waals surface area contributed by atoms with Gasteiger partial charge in [-0.25, -0.2) is 0 Å². The molecule has 0 aromatic heterocycles. The average Bonchev–Trinajstić information content (AvgIpc) is 2.68. The second-order valence-electron chi connectivity index (χ2n) is 7.52. The molecule has 0 aromatic carbocycles. The maximum atomic E-state index is 11.2. The first-order chi connectivity index (χ1) is 14.7. The molecular weight excluding hydrogens is 573 g/mol. The topological polar surface area (TPSA) is 188 Å². The standard InChI is InChI=1S/C18H34N4O9.Gd/c23-12-14(15(25)13-24)22-7-5-20(10-17(28)29)3-1-19(9-16(26)27)2-4-21(6-8-22)11-18(30)31;/h14-15,23-25H,1-13H2,(H,26,27)(H,28,29)(H,30,31);/p-1/t14-,15-;/m1./s1. The fourth-order valence-corrected chi connectivity index (χ4v) is 3.53. The fraction of sp³-hybridized carbons (Fsp3) is 0.833. The van der Waals surface area contributed by atoms with E-state index >= 15 is 0 Å². The number of carbonyl (C=O) groups excluding carboxylic acids is 1. The molecule has 32 heavy (non-hydrogen) atoms. The van der Waals surface area contributed by atoms with Crippen LogP contribution < -0.4 is 5.11 Å². The second kappa shape index (κ2) is 17.0. The smallest absolute Gasteiger partial charge is 0.317 e. The quantitative estimate of drug-likeness (QED) is 0.159. The minimum Gasteiger partial charge on any atom is -0.549 e. The Bertz CT molecular complexity index is 555. The summed E-state index contributed by atoms with van der Waals surface area (Å²) >= 11 is 0. The number of carboxylic acids is 3. The molecule has 1 heterocycles.